The van der Waals surface area contributed by atoms with E-state index < -0.39 is 0 Å². The van der Waals surface area contributed by atoms with Crippen molar-refractivity contribution in [1.29, 1.82) is 0 Å². The number of carbonyl (C=O) groups is 1. The van der Waals surface area contributed by atoms with Crippen molar-refractivity contribution in [3.63, 3.8) is 0 Å². The highest BCUT2D eigenvalue weighted by atomic mass is 16.5. The van der Waals surface area contributed by atoms with Crippen LogP contribution in [0.2, 0.25) is 0 Å². The summed E-state index contributed by atoms with van der Waals surface area (Å²) in [5.41, 5.74) is 3.70. The first-order valence-electron chi connectivity index (χ1n) is 9.58. The molecular formula is C21H26N4O3. The molecule has 7 heteroatoms. The van der Waals surface area contributed by atoms with Gasteiger partial charge in [0.05, 0.1) is 29.8 Å². The second-order valence-electron chi connectivity index (χ2n) is 7.58. The number of nitrogens with one attached hydrogen (secondary N) is 1. The van der Waals surface area contributed by atoms with Crippen LogP contribution in [0.15, 0.2) is 30.5 Å². The van der Waals surface area contributed by atoms with E-state index in [0.29, 0.717) is 5.75 Å². The molecule has 0 aliphatic carbocycles. The van der Waals surface area contributed by atoms with Crippen LogP contribution in [0.3, 0.4) is 0 Å². The van der Waals surface area contributed by atoms with E-state index in [1.165, 1.54) is 0 Å². The lowest BCUT2D eigenvalue weighted by Crippen LogP contribution is -2.46. The summed E-state index contributed by atoms with van der Waals surface area (Å²) in [5.74, 6) is 1.65. The van der Waals surface area contributed by atoms with Crippen molar-refractivity contribution < 1.29 is 14.3 Å². The molecule has 2 unspecified atom stereocenters. The molecule has 1 fully saturated rings. The van der Waals surface area contributed by atoms with E-state index in [2.05, 4.69) is 37.1 Å². The second kappa shape index (κ2) is 7.31. The summed E-state index contributed by atoms with van der Waals surface area (Å²) >= 11 is 0. The number of amides is 1. The van der Waals surface area contributed by atoms with Crippen LogP contribution in [0.4, 0.5) is 22.9 Å². The van der Waals surface area contributed by atoms with E-state index in [0.717, 1.165) is 41.5 Å². The molecule has 0 saturated carbocycles. The molecule has 1 saturated heterocycles. The molecule has 2 aliphatic heterocycles. The molecule has 1 aromatic carbocycles. The molecule has 4 rings (SSSR count). The molecule has 148 valence electrons. The zero-order chi connectivity index (χ0) is 19.8. The van der Waals surface area contributed by atoms with Gasteiger partial charge in [-0.05, 0) is 44.5 Å². The molecule has 2 aliphatic rings. The lowest BCUT2D eigenvalue weighted by molar-refractivity contribution is -0.120. The van der Waals surface area contributed by atoms with Crippen LogP contribution in [0.25, 0.3) is 0 Å². The second-order valence-corrected chi connectivity index (χ2v) is 7.58. The number of hydrogen-bond acceptors (Lipinski definition) is 6. The quantitative estimate of drug-likeness (QED) is 0.880. The maximum atomic E-state index is 11.7. The number of benzene rings is 1. The minimum absolute atomic E-state index is 0.0460. The van der Waals surface area contributed by atoms with Crippen LogP contribution in [0, 0.1) is 6.92 Å². The Kier molecular flexibility index (Phi) is 4.85. The summed E-state index contributed by atoms with van der Waals surface area (Å²) in [6.07, 6.45) is 2.25. The minimum atomic E-state index is -0.0460. The Hall–Kier alpha value is -2.80. The van der Waals surface area contributed by atoms with Crippen LogP contribution in [0.1, 0.15) is 19.4 Å². The molecule has 0 radical (unpaired) electrons. The summed E-state index contributed by atoms with van der Waals surface area (Å²) in [6.45, 7) is 8.03. The predicted molar refractivity (Wildman–Crippen MR) is 110 cm³/mol. The molecule has 3 heterocycles. The monoisotopic (exact) mass is 382 g/mol. The molecule has 7 nitrogen and oxygen atoms in total. The Balaban J connectivity index is 1.52. The number of morpholine rings is 1. The van der Waals surface area contributed by atoms with Crippen LogP contribution in [-0.2, 0) is 9.53 Å². The molecule has 1 N–H and O–H groups in total. The first-order valence-corrected chi connectivity index (χ1v) is 9.58. The number of nitrogens with zero attached hydrogens (tertiary/aromatic N) is 3. The van der Waals surface area contributed by atoms with Gasteiger partial charge in [0.2, 0.25) is 0 Å². The normalized spacial score (nSPS) is 21.9. The first kappa shape index (κ1) is 18.6. The summed E-state index contributed by atoms with van der Waals surface area (Å²) in [7, 11) is 1.76. The van der Waals surface area contributed by atoms with E-state index in [-0.39, 0.29) is 24.7 Å². The topological polar surface area (TPSA) is 66.9 Å². The summed E-state index contributed by atoms with van der Waals surface area (Å²) in [5, 5.41) is 3.38. The lowest BCUT2D eigenvalue weighted by Gasteiger charge is -2.36. The summed E-state index contributed by atoms with van der Waals surface area (Å²) in [6, 6.07) is 7.84. The maximum Gasteiger partial charge on any atom is 0.264 e. The SMILES string of the molecule is Cc1cc(Nc2ccc3c(c2)OCC(=O)N3C)cnc1N1CC(C)OC(C)C1. The van der Waals surface area contributed by atoms with Gasteiger partial charge in [-0.1, -0.05) is 0 Å². The van der Waals surface area contributed by atoms with Gasteiger partial charge in [-0.15, -0.1) is 0 Å². The number of aromatic nitrogens is 1. The van der Waals surface area contributed by atoms with E-state index >= 15 is 0 Å². The van der Waals surface area contributed by atoms with E-state index in [4.69, 9.17) is 14.5 Å². The molecule has 2 atom stereocenters. The van der Waals surface area contributed by atoms with Gasteiger partial charge in [-0.3, -0.25) is 4.79 Å². The first-order chi connectivity index (χ1) is 13.4. The van der Waals surface area contributed by atoms with Gasteiger partial charge in [0, 0.05) is 31.9 Å². The third-order valence-corrected chi connectivity index (χ3v) is 5.10. The number of aryl methyl sites for hydroxylation is 1. The zero-order valence-corrected chi connectivity index (χ0v) is 16.7. The number of likely N-dealkylation sites (N-methyl/N-ethyl adjacent to an activating group) is 1. The summed E-state index contributed by atoms with van der Waals surface area (Å²) in [4.78, 5) is 20.3. The third kappa shape index (κ3) is 3.62. The molecule has 0 bridgehead atoms. The van der Waals surface area contributed by atoms with Crippen molar-refractivity contribution in [3.8, 4) is 5.75 Å². The van der Waals surface area contributed by atoms with Crippen molar-refractivity contribution in [1.82, 2.24) is 4.98 Å². The van der Waals surface area contributed by atoms with Crippen LogP contribution in [-0.4, -0.2) is 49.8 Å². The van der Waals surface area contributed by atoms with Gasteiger partial charge in [0.25, 0.3) is 5.91 Å². The van der Waals surface area contributed by atoms with Crippen LogP contribution < -0.4 is 19.9 Å². The fourth-order valence-electron chi connectivity index (χ4n) is 3.84. The van der Waals surface area contributed by atoms with E-state index in [1.54, 1.807) is 11.9 Å². The number of rotatable bonds is 3. The Morgan fingerprint density at radius 3 is 2.61 bits per heavy atom. The van der Waals surface area contributed by atoms with Gasteiger partial charge in [-0.2, -0.15) is 0 Å². The van der Waals surface area contributed by atoms with Gasteiger partial charge in [-0.25, -0.2) is 4.98 Å². The van der Waals surface area contributed by atoms with Gasteiger partial charge < -0.3 is 24.6 Å². The minimum Gasteiger partial charge on any atom is -0.481 e. The highest BCUT2D eigenvalue weighted by molar-refractivity contribution is 5.97. The standard InChI is InChI=1S/C21H26N4O3/c1-13-7-17(9-22-21(13)25-10-14(2)28-15(3)11-25)23-16-5-6-18-19(8-16)27-12-20(26)24(18)4/h5-9,14-15,23H,10-12H2,1-4H3. The highest BCUT2D eigenvalue weighted by Crippen LogP contribution is 2.35. The predicted octanol–water partition coefficient (Wildman–Crippen LogP) is 3.10. The fourth-order valence-corrected chi connectivity index (χ4v) is 3.84. The largest absolute Gasteiger partial charge is 0.481 e. The molecule has 2 aromatic rings. The van der Waals surface area contributed by atoms with Gasteiger partial charge in [0.1, 0.15) is 11.6 Å². The van der Waals surface area contributed by atoms with Crippen molar-refractivity contribution >= 4 is 28.8 Å². The zero-order valence-electron chi connectivity index (χ0n) is 16.7. The van der Waals surface area contributed by atoms with Crippen molar-refractivity contribution in [3.05, 3.63) is 36.0 Å². The molecular weight excluding hydrogens is 356 g/mol. The van der Waals surface area contributed by atoms with Gasteiger partial charge in [0.15, 0.2) is 6.61 Å². The van der Waals surface area contributed by atoms with Crippen molar-refractivity contribution in [2.24, 2.45) is 0 Å². The average Bonchev–Trinajstić information content (AvgIpc) is 2.64. The fraction of sp³-hybridized carbons (Fsp3) is 0.429. The van der Waals surface area contributed by atoms with Crippen LogP contribution >= 0.6 is 0 Å². The maximum absolute atomic E-state index is 11.7. The molecule has 1 aromatic heterocycles. The number of ether oxygens (including phenoxy) is 2. The number of carbonyl (C=O) groups excluding carboxylic acids is 1. The smallest absolute Gasteiger partial charge is 0.264 e. The molecule has 0 spiro atoms. The third-order valence-electron chi connectivity index (χ3n) is 5.10. The molecule has 28 heavy (non-hydrogen) atoms. The highest BCUT2D eigenvalue weighted by Gasteiger charge is 2.25. The van der Waals surface area contributed by atoms with Crippen LogP contribution in [0.5, 0.6) is 5.75 Å². The molecule has 1 amide bonds. The Labute approximate surface area is 165 Å². The average molecular weight is 382 g/mol. The van der Waals surface area contributed by atoms with E-state index in [9.17, 15) is 4.79 Å². The van der Waals surface area contributed by atoms with Gasteiger partial charge >= 0.3 is 0 Å². The summed E-state index contributed by atoms with van der Waals surface area (Å²) < 4.78 is 11.4. The van der Waals surface area contributed by atoms with Crippen molar-refractivity contribution in [2.45, 2.75) is 33.0 Å². The van der Waals surface area contributed by atoms with Crippen molar-refractivity contribution in [2.75, 3.05) is 41.9 Å². The Morgan fingerprint density at radius 1 is 1.14 bits per heavy atom. The number of fused-ring (bicyclic) bond motifs is 1. The number of hydrogen-bond donors (Lipinski definition) is 1. The Morgan fingerprint density at radius 2 is 1.89 bits per heavy atom. The lowest BCUT2D eigenvalue weighted by atomic mass is 10.2. The Bertz CT molecular complexity index is 891. The number of anilines is 4. The number of pyridine rings is 1. The van der Waals surface area contributed by atoms with E-state index in [1.807, 2.05) is 24.4 Å².